The molecule has 7 heteroatoms. The van der Waals surface area contributed by atoms with Gasteiger partial charge in [0.2, 0.25) is 10.0 Å². The van der Waals surface area contributed by atoms with Crippen LogP contribution in [0.3, 0.4) is 0 Å². The van der Waals surface area contributed by atoms with Crippen molar-refractivity contribution in [3.8, 4) is 0 Å². The van der Waals surface area contributed by atoms with Crippen molar-refractivity contribution >= 4 is 15.9 Å². The van der Waals surface area contributed by atoms with Crippen LogP contribution < -0.4 is 5.32 Å². The third kappa shape index (κ3) is 4.55. The van der Waals surface area contributed by atoms with Crippen LogP contribution in [0.5, 0.6) is 0 Å². The van der Waals surface area contributed by atoms with Crippen molar-refractivity contribution < 1.29 is 17.9 Å². The number of hydrogen-bond acceptors (Lipinski definition) is 4. The Morgan fingerprint density at radius 2 is 1.96 bits per heavy atom. The number of morpholine rings is 1. The van der Waals surface area contributed by atoms with Crippen LogP contribution in [0.4, 0.5) is 0 Å². The first-order chi connectivity index (χ1) is 11.3. The molecule has 0 radical (unpaired) electrons. The second-order valence-corrected chi connectivity index (χ2v) is 8.37. The molecule has 0 spiro atoms. The van der Waals surface area contributed by atoms with Crippen molar-refractivity contribution in [1.29, 1.82) is 0 Å². The fourth-order valence-electron chi connectivity index (χ4n) is 2.51. The van der Waals surface area contributed by atoms with Gasteiger partial charge >= 0.3 is 0 Å². The molecule has 1 amide bonds. The lowest BCUT2D eigenvalue weighted by molar-refractivity contribution is 0.0730. The molecular formula is C17H26N2O4S. The summed E-state index contributed by atoms with van der Waals surface area (Å²) < 4.78 is 32.0. The Morgan fingerprint density at radius 1 is 1.29 bits per heavy atom. The summed E-state index contributed by atoms with van der Waals surface area (Å²) in [6.07, 6.45) is 0.885. The van der Waals surface area contributed by atoms with Crippen LogP contribution >= 0.6 is 0 Å². The minimum Gasteiger partial charge on any atom is -0.379 e. The van der Waals surface area contributed by atoms with Gasteiger partial charge in [-0.25, -0.2) is 8.42 Å². The first-order valence-corrected chi connectivity index (χ1v) is 9.73. The smallest absolute Gasteiger partial charge is 0.251 e. The monoisotopic (exact) mass is 354 g/mol. The van der Waals surface area contributed by atoms with E-state index in [4.69, 9.17) is 4.74 Å². The third-order valence-electron chi connectivity index (χ3n) is 4.07. The lowest BCUT2D eigenvalue weighted by Gasteiger charge is -2.26. The number of rotatable bonds is 6. The molecule has 1 heterocycles. The zero-order chi connectivity index (χ0) is 17.7. The molecule has 1 aliphatic heterocycles. The van der Waals surface area contributed by atoms with Gasteiger partial charge in [0.15, 0.2) is 0 Å². The van der Waals surface area contributed by atoms with Crippen molar-refractivity contribution in [2.24, 2.45) is 5.92 Å². The molecule has 0 atom stereocenters. The van der Waals surface area contributed by atoms with Gasteiger partial charge in [-0.1, -0.05) is 19.9 Å². The van der Waals surface area contributed by atoms with E-state index in [1.165, 1.54) is 10.4 Å². The lowest BCUT2D eigenvalue weighted by Crippen LogP contribution is -2.40. The highest BCUT2D eigenvalue weighted by molar-refractivity contribution is 7.89. The van der Waals surface area contributed by atoms with Crippen LogP contribution in [0, 0.1) is 12.8 Å². The Kier molecular flexibility index (Phi) is 6.37. The highest BCUT2D eigenvalue weighted by atomic mass is 32.2. The molecule has 0 saturated carbocycles. The third-order valence-corrected chi connectivity index (χ3v) is 5.96. The molecule has 1 saturated heterocycles. The van der Waals surface area contributed by atoms with Gasteiger partial charge in [-0.05, 0) is 37.0 Å². The van der Waals surface area contributed by atoms with E-state index in [2.05, 4.69) is 19.2 Å². The standard InChI is InChI=1S/C17H26N2O4S/c1-13(2)6-7-18-17(20)16-12-15(5-4-14(16)3)24(21,22)19-8-10-23-11-9-19/h4-5,12-13H,6-11H2,1-3H3,(H,18,20). The summed E-state index contributed by atoms with van der Waals surface area (Å²) in [4.78, 5) is 12.5. The molecule has 1 aromatic rings. The number of nitrogens with zero attached hydrogens (tertiary/aromatic N) is 1. The van der Waals surface area contributed by atoms with E-state index in [1.54, 1.807) is 12.1 Å². The summed E-state index contributed by atoms with van der Waals surface area (Å²) in [6.45, 7) is 8.04. The van der Waals surface area contributed by atoms with Crippen molar-refractivity contribution in [3.05, 3.63) is 29.3 Å². The SMILES string of the molecule is Cc1ccc(S(=O)(=O)N2CCOCC2)cc1C(=O)NCCC(C)C. The van der Waals surface area contributed by atoms with E-state index < -0.39 is 10.0 Å². The van der Waals surface area contributed by atoms with Gasteiger partial charge in [-0.15, -0.1) is 0 Å². The van der Waals surface area contributed by atoms with Crippen LogP contribution in [0.15, 0.2) is 23.1 Å². The van der Waals surface area contributed by atoms with Crippen LogP contribution in [0.25, 0.3) is 0 Å². The summed E-state index contributed by atoms with van der Waals surface area (Å²) in [5, 5.41) is 2.86. The molecule has 1 aliphatic rings. The van der Waals surface area contributed by atoms with E-state index in [1.807, 2.05) is 6.92 Å². The van der Waals surface area contributed by atoms with E-state index in [0.717, 1.165) is 12.0 Å². The maximum absolute atomic E-state index is 12.7. The van der Waals surface area contributed by atoms with E-state index in [-0.39, 0.29) is 10.8 Å². The average molecular weight is 354 g/mol. The zero-order valence-electron chi connectivity index (χ0n) is 14.5. The van der Waals surface area contributed by atoms with Gasteiger partial charge in [0.25, 0.3) is 5.91 Å². The highest BCUT2D eigenvalue weighted by Crippen LogP contribution is 2.20. The Labute approximate surface area is 144 Å². The fraction of sp³-hybridized carbons (Fsp3) is 0.588. The largest absolute Gasteiger partial charge is 0.379 e. The van der Waals surface area contributed by atoms with Crippen molar-refractivity contribution in [3.63, 3.8) is 0 Å². The summed E-state index contributed by atoms with van der Waals surface area (Å²) in [5.74, 6) is 0.270. The van der Waals surface area contributed by atoms with Crippen LogP contribution in [0.2, 0.25) is 0 Å². The topological polar surface area (TPSA) is 75.7 Å². The van der Waals surface area contributed by atoms with E-state index in [9.17, 15) is 13.2 Å². The van der Waals surface area contributed by atoms with Crippen LogP contribution in [-0.4, -0.2) is 51.5 Å². The number of sulfonamides is 1. The van der Waals surface area contributed by atoms with Gasteiger partial charge in [-0.2, -0.15) is 4.31 Å². The molecule has 1 fully saturated rings. The maximum Gasteiger partial charge on any atom is 0.251 e. The number of aryl methyl sites for hydroxylation is 1. The Morgan fingerprint density at radius 3 is 2.58 bits per heavy atom. The Balaban J connectivity index is 2.19. The summed E-state index contributed by atoms with van der Waals surface area (Å²) >= 11 is 0. The molecule has 0 aromatic heterocycles. The Hall–Kier alpha value is -1.44. The van der Waals surface area contributed by atoms with Crippen molar-refractivity contribution in [2.45, 2.75) is 32.1 Å². The number of hydrogen-bond donors (Lipinski definition) is 1. The summed E-state index contributed by atoms with van der Waals surface area (Å²) in [6, 6.07) is 4.72. The normalized spacial score (nSPS) is 16.3. The molecule has 134 valence electrons. The van der Waals surface area contributed by atoms with Gasteiger partial charge in [0.05, 0.1) is 18.1 Å². The summed E-state index contributed by atoms with van der Waals surface area (Å²) in [7, 11) is -3.60. The van der Waals surface area contributed by atoms with Crippen LogP contribution in [-0.2, 0) is 14.8 Å². The quantitative estimate of drug-likeness (QED) is 0.845. The molecule has 6 nitrogen and oxygen atoms in total. The number of carbonyl (C=O) groups excluding carboxylic acids is 1. The van der Waals surface area contributed by atoms with E-state index >= 15 is 0 Å². The van der Waals surface area contributed by atoms with Gasteiger partial charge in [0.1, 0.15) is 0 Å². The molecular weight excluding hydrogens is 328 g/mol. The number of ether oxygens (including phenoxy) is 1. The van der Waals surface area contributed by atoms with Crippen LogP contribution in [0.1, 0.15) is 36.2 Å². The molecule has 24 heavy (non-hydrogen) atoms. The molecule has 1 aromatic carbocycles. The second kappa shape index (κ2) is 8.09. The van der Waals surface area contributed by atoms with Gasteiger partial charge < -0.3 is 10.1 Å². The Bertz CT molecular complexity index is 680. The van der Waals surface area contributed by atoms with Crippen molar-refractivity contribution in [2.75, 3.05) is 32.8 Å². The average Bonchev–Trinajstić information content (AvgIpc) is 2.55. The first-order valence-electron chi connectivity index (χ1n) is 8.29. The highest BCUT2D eigenvalue weighted by Gasteiger charge is 2.27. The first kappa shape index (κ1) is 18.9. The predicted octanol–water partition coefficient (Wildman–Crippen LogP) is 1.79. The molecule has 0 unspecified atom stereocenters. The minimum atomic E-state index is -3.60. The summed E-state index contributed by atoms with van der Waals surface area (Å²) in [5.41, 5.74) is 1.17. The number of benzene rings is 1. The molecule has 0 bridgehead atoms. The minimum absolute atomic E-state index is 0.156. The van der Waals surface area contributed by atoms with Gasteiger partial charge in [-0.3, -0.25) is 4.79 Å². The number of amides is 1. The zero-order valence-corrected chi connectivity index (χ0v) is 15.4. The number of nitrogens with one attached hydrogen (secondary N) is 1. The fourth-order valence-corrected chi connectivity index (χ4v) is 3.95. The predicted molar refractivity (Wildman–Crippen MR) is 92.5 cm³/mol. The second-order valence-electron chi connectivity index (χ2n) is 6.43. The van der Waals surface area contributed by atoms with E-state index in [0.29, 0.717) is 44.3 Å². The van der Waals surface area contributed by atoms with Gasteiger partial charge in [0, 0.05) is 25.2 Å². The molecule has 0 aliphatic carbocycles. The van der Waals surface area contributed by atoms with Crippen molar-refractivity contribution in [1.82, 2.24) is 9.62 Å². The maximum atomic E-state index is 12.7. The number of carbonyl (C=O) groups is 1. The lowest BCUT2D eigenvalue weighted by atomic mass is 10.1. The molecule has 1 N–H and O–H groups in total. The molecule has 2 rings (SSSR count).